The summed E-state index contributed by atoms with van der Waals surface area (Å²) in [7, 11) is 0. The maximum Gasteiger partial charge on any atom is 0.230 e. The van der Waals surface area contributed by atoms with Gasteiger partial charge in [0.2, 0.25) is 17.7 Å². The number of nitrogens with one attached hydrogen (secondary N) is 1. The molecule has 1 atom stereocenters. The molecule has 1 aromatic carbocycles. The van der Waals surface area contributed by atoms with Crippen molar-refractivity contribution in [3.8, 4) is 0 Å². The Kier molecular flexibility index (Phi) is 4.42. The van der Waals surface area contributed by atoms with Crippen molar-refractivity contribution in [3.63, 3.8) is 0 Å². The highest BCUT2D eigenvalue weighted by Gasteiger charge is 2.38. The lowest BCUT2D eigenvalue weighted by Crippen LogP contribution is -2.33. The Morgan fingerprint density at radius 2 is 2.04 bits per heavy atom. The largest absolute Gasteiger partial charge is 0.356 e. The van der Waals surface area contributed by atoms with Gasteiger partial charge in [-0.3, -0.25) is 14.4 Å². The van der Waals surface area contributed by atoms with Gasteiger partial charge in [0.25, 0.3) is 0 Å². The fourth-order valence-corrected chi connectivity index (χ4v) is 3.86. The van der Waals surface area contributed by atoms with E-state index in [9.17, 15) is 14.4 Å². The van der Waals surface area contributed by atoms with E-state index >= 15 is 0 Å². The highest BCUT2D eigenvalue weighted by Crippen LogP contribution is 2.38. The summed E-state index contributed by atoms with van der Waals surface area (Å²) in [6.45, 7) is 3.81. The van der Waals surface area contributed by atoms with Crippen LogP contribution >= 0.6 is 0 Å². The van der Waals surface area contributed by atoms with E-state index in [0.29, 0.717) is 13.1 Å². The molecule has 6 heteroatoms. The Hall–Kier alpha value is -2.37. The number of hydrogen-bond donors (Lipinski definition) is 1. The molecule has 0 unspecified atom stereocenters. The molecule has 26 heavy (non-hydrogen) atoms. The molecule has 1 N–H and O–H groups in total. The van der Waals surface area contributed by atoms with Crippen molar-refractivity contribution in [2.45, 2.75) is 39.0 Å². The van der Waals surface area contributed by atoms with Crippen LogP contribution in [0.3, 0.4) is 0 Å². The van der Waals surface area contributed by atoms with Gasteiger partial charge in [0.05, 0.1) is 5.92 Å². The summed E-state index contributed by atoms with van der Waals surface area (Å²) in [5.74, 6) is 0.121. The smallest absolute Gasteiger partial charge is 0.230 e. The number of fused-ring (bicyclic) bond motifs is 1. The van der Waals surface area contributed by atoms with E-state index in [0.717, 1.165) is 49.2 Å². The summed E-state index contributed by atoms with van der Waals surface area (Å²) in [5.41, 5.74) is 2.93. The van der Waals surface area contributed by atoms with Crippen molar-refractivity contribution >= 4 is 29.1 Å². The first-order chi connectivity index (χ1) is 12.6. The lowest BCUT2D eigenvalue weighted by atomic mass is 10.1. The summed E-state index contributed by atoms with van der Waals surface area (Å²) in [6.07, 6.45) is 3.99. The van der Waals surface area contributed by atoms with Crippen LogP contribution in [0.1, 0.15) is 38.2 Å². The quantitative estimate of drug-likeness (QED) is 0.877. The molecule has 0 bridgehead atoms. The molecule has 0 spiro atoms. The minimum absolute atomic E-state index is 0.00879. The number of anilines is 2. The van der Waals surface area contributed by atoms with Crippen molar-refractivity contribution in [1.82, 2.24) is 5.32 Å². The zero-order chi connectivity index (χ0) is 18.3. The molecule has 4 rings (SSSR count). The Labute approximate surface area is 153 Å². The molecule has 1 saturated carbocycles. The zero-order valence-electron chi connectivity index (χ0n) is 15.2. The van der Waals surface area contributed by atoms with Gasteiger partial charge < -0.3 is 15.1 Å². The summed E-state index contributed by atoms with van der Waals surface area (Å²) < 4.78 is 0. The van der Waals surface area contributed by atoms with Crippen molar-refractivity contribution in [2.24, 2.45) is 11.8 Å². The average molecular weight is 355 g/mol. The maximum atomic E-state index is 12.4. The van der Waals surface area contributed by atoms with E-state index in [1.807, 2.05) is 30.0 Å². The number of benzene rings is 1. The minimum Gasteiger partial charge on any atom is -0.356 e. The molecule has 0 radical (unpaired) electrons. The number of hydrogen-bond acceptors (Lipinski definition) is 3. The van der Waals surface area contributed by atoms with Gasteiger partial charge in [0, 0.05) is 43.3 Å². The van der Waals surface area contributed by atoms with E-state index in [4.69, 9.17) is 0 Å². The van der Waals surface area contributed by atoms with Crippen molar-refractivity contribution in [3.05, 3.63) is 23.8 Å². The Morgan fingerprint density at radius 3 is 2.77 bits per heavy atom. The van der Waals surface area contributed by atoms with E-state index in [1.165, 1.54) is 0 Å². The SMILES string of the molecule is CCCNC(=O)[C@H]1CC(=O)N(c2ccc3c(c2)CCN3C(=O)C2CC2)C1. The highest BCUT2D eigenvalue weighted by atomic mass is 16.2. The van der Waals surface area contributed by atoms with Gasteiger partial charge in [-0.05, 0) is 49.4 Å². The van der Waals surface area contributed by atoms with E-state index in [1.54, 1.807) is 4.90 Å². The lowest BCUT2D eigenvalue weighted by molar-refractivity contribution is -0.126. The summed E-state index contributed by atoms with van der Waals surface area (Å²) in [5, 5.41) is 2.88. The molecule has 138 valence electrons. The van der Waals surface area contributed by atoms with Gasteiger partial charge in [0.15, 0.2) is 0 Å². The van der Waals surface area contributed by atoms with Gasteiger partial charge in [-0.25, -0.2) is 0 Å². The number of amides is 3. The van der Waals surface area contributed by atoms with Crippen LogP contribution in [0.2, 0.25) is 0 Å². The second kappa shape index (κ2) is 6.74. The molecule has 3 aliphatic rings. The molecule has 2 heterocycles. The van der Waals surface area contributed by atoms with Gasteiger partial charge in [-0.1, -0.05) is 6.92 Å². The van der Waals surface area contributed by atoms with Gasteiger partial charge in [0.1, 0.15) is 0 Å². The second-order valence-electron chi connectivity index (χ2n) is 7.52. The van der Waals surface area contributed by atoms with Crippen LogP contribution in [0, 0.1) is 11.8 Å². The summed E-state index contributed by atoms with van der Waals surface area (Å²) in [6, 6.07) is 5.87. The van der Waals surface area contributed by atoms with Crippen LogP contribution in [0.25, 0.3) is 0 Å². The summed E-state index contributed by atoms with van der Waals surface area (Å²) in [4.78, 5) is 40.6. The minimum atomic E-state index is -0.282. The van der Waals surface area contributed by atoms with Crippen molar-refractivity contribution < 1.29 is 14.4 Å². The highest BCUT2D eigenvalue weighted by molar-refractivity contribution is 6.02. The number of carbonyl (C=O) groups is 3. The van der Waals surface area contributed by atoms with E-state index < -0.39 is 0 Å². The molecule has 0 aromatic heterocycles. The van der Waals surface area contributed by atoms with Gasteiger partial charge >= 0.3 is 0 Å². The van der Waals surface area contributed by atoms with Crippen molar-refractivity contribution in [2.75, 3.05) is 29.4 Å². The van der Waals surface area contributed by atoms with E-state index in [-0.39, 0.29) is 36.0 Å². The van der Waals surface area contributed by atoms with Crippen LogP contribution in [-0.2, 0) is 20.8 Å². The molecule has 3 amide bonds. The first kappa shape index (κ1) is 17.1. The van der Waals surface area contributed by atoms with Gasteiger partial charge in [-0.2, -0.15) is 0 Å². The predicted octanol–water partition coefficient (Wildman–Crippen LogP) is 1.86. The Bertz CT molecular complexity index is 757. The standard InChI is InChI=1S/C20H25N3O3/c1-2-8-21-19(25)15-11-18(24)23(12-15)16-5-6-17-14(10-16)7-9-22(17)20(26)13-3-4-13/h5-6,10,13,15H,2-4,7-9,11-12H2,1H3,(H,21,25)/t15-/m0/s1. The zero-order valence-corrected chi connectivity index (χ0v) is 15.2. The second-order valence-corrected chi connectivity index (χ2v) is 7.52. The Morgan fingerprint density at radius 1 is 1.23 bits per heavy atom. The topological polar surface area (TPSA) is 69.7 Å². The van der Waals surface area contributed by atoms with Crippen LogP contribution in [0.4, 0.5) is 11.4 Å². The number of nitrogens with zero attached hydrogens (tertiary/aromatic N) is 2. The monoisotopic (exact) mass is 355 g/mol. The molecule has 1 aliphatic carbocycles. The van der Waals surface area contributed by atoms with Crippen LogP contribution in [0.15, 0.2) is 18.2 Å². The first-order valence-corrected chi connectivity index (χ1v) is 9.61. The molecule has 1 saturated heterocycles. The maximum absolute atomic E-state index is 12.4. The third kappa shape index (κ3) is 3.08. The van der Waals surface area contributed by atoms with Gasteiger partial charge in [-0.15, -0.1) is 0 Å². The summed E-state index contributed by atoms with van der Waals surface area (Å²) >= 11 is 0. The fourth-order valence-electron chi connectivity index (χ4n) is 3.86. The molecule has 2 aliphatic heterocycles. The molecule has 6 nitrogen and oxygen atoms in total. The van der Waals surface area contributed by atoms with E-state index in [2.05, 4.69) is 5.32 Å². The predicted molar refractivity (Wildman–Crippen MR) is 99.0 cm³/mol. The van der Waals surface area contributed by atoms with Crippen LogP contribution in [-0.4, -0.2) is 37.4 Å². The molecule has 2 fully saturated rings. The fraction of sp³-hybridized carbons (Fsp3) is 0.550. The lowest BCUT2D eigenvalue weighted by Gasteiger charge is -2.20. The molecular weight excluding hydrogens is 330 g/mol. The molecular formula is C20H25N3O3. The normalized spacial score (nSPS) is 21.9. The third-order valence-corrected chi connectivity index (χ3v) is 5.51. The van der Waals surface area contributed by atoms with Crippen molar-refractivity contribution in [1.29, 1.82) is 0 Å². The molecule has 1 aromatic rings. The first-order valence-electron chi connectivity index (χ1n) is 9.61. The van der Waals surface area contributed by atoms with Crippen LogP contribution < -0.4 is 15.1 Å². The number of carbonyl (C=O) groups excluding carboxylic acids is 3. The third-order valence-electron chi connectivity index (χ3n) is 5.51. The van der Waals surface area contributed by atoms with Crippen LogP contribution in [0.5, 0.6) is 0 Å². The average Bonchev–Trinajstić information content (AvgIpc) is 3.30. The Balaban J connectivity index is 1.48. The number of rotatable bonds is 5.